The predicted molar refractivity (Wildman–Crippen MR) is 85.7 cm³/mol. The molecular formula is C17H22N4O2. The Balaban J connectivity index is 1.54. The molecule has 6 heteroatoms. The summed E-state index contributed by atoms with van der Waals surface area (Å²) in [4.78, 5) is 18.2. The van der Waals surface area contributed by atoms with Crippen molar-refractivity contribution in [2.45, 2.75) is 44.7 Å². The molecule has 1 aliphatic rings. The van der Waals surface area contributed by atoms with Crippen molar-refractivity contribution < 1.29 is 9.32 Å². The van der Waals surface area contributed by atoms with Crippen LogP contribution in [0.1, 0.15) is 55.4 Å². The Morgan fingerprint density at radius 2 is 2.13 bits per heavy atom. The minimum Gasteiger partial charge on any atom is -0.339 e. The average molecular weight is 314 g/mol. The summed E-state index contributed by atoms with van der Waals surface area (Å²) >= 11 is 0. The van der Waals surface area contributed by atoms with Crippen LogP contribution in [0, 0.1) is 0 Å². The van der Waals surface area contributed by atoms with Gasteiger partial charge in [-0.05, 0) is 25.3 Å². The van der Waals surface area contributed by atoms with Crippen molar-refractivity contribution in [1.29, 1.82) is 0 Å². The van der Waals surface area contributed by atoms with Crippen LogP contribution in [0.15, 0.2) is 34.9 Å². The normalized spacial score (nSPS) is 15.7. The van der Waals surface area contributed by atoms with Crippen molar-refractivity contribution in [3.63, 3.8) is 0 Å². The van der Waals surface area contributed by atoms with E-state index < -0.39 is 0 Å². The number of hydrogen-bond donors (Lipinski definition) is 1. The van der Waals surface area contributed by atoms with Gasteiger partial charge in [-0.2, -0.15) is 4.98 Å². The maximum absolute atomic E-state index is 12.3. The predicted octanol–water partition coefficient (Wildman–Crippen LogP) is 3.24. The van der Waals surface area contributed by atoms with Gasteiger partial charge >= 0.3 is 6.03 Å². The van der Waals surface area contributed by atoms with Crippen LogP contribution >= 0.6 is 0 Å². The monoisotopic (exact) mass is 314 g/mol. The van der Waals surface area contributed by atoms with Gasteiger partial charge in [0.15, 0.2) is 5.82 Å². The van der Waals surface area contributed by atoms with E-state index in [0.29, 0.717) is 24.2 Å². The van der Waals surface area contributed by atoms with Crippen LogP contribution in [0.4, 0.5) is 4.79 Å². The Bertz CT molecular complexity index is 652. The lowest BCUT2D eigenvalue weighted by atomic mass is 9.85. The molecule has 1 aliphatic carbocycles. The number of nitrogens with one attached hydrogen (secondary N) is 1. The zero-order chi connectivity index (χ0) is 16.2. The van der Waals surface area contributed by atoms with Gasteiger partial charge in [0.25, 0.3) is 0 Å². The number of benzene rings is 1. The summed E-state index contributed by atoms with van der Waals surface area (Å²) in [6, 6.07) is 9.66. The van der Waals surface area contributed by atoms with Gasteiger partial charge in [0.1, 0.15) is 0 Å². The van der Waals surface area contributed by atoms with E-state index in [-0.39, 0.29) is 12.1 Å². The van der Waals surface area contributed by atoms with Crippen LogP contribution in [0.5, 0.6) is 0 Å². The first-order chi connectivity index (χ1) is 11.1. The minimum atomic E-state index is -0.156. The third-order valence-corrected chi connectivity index (χ3v) is 4.30. The fraction of sp³-hybridized carbons (Fsp3) is 0.471. The molecule has 6 nitrogen and oxygen atoms in total. The molecule has 0 aliphatic heterocycles. The molecule has 2 aromatic rings. The molecule has 0 spiro atoms. The van der Waals surface area contributed by atoms with Crippen molar-refractivity contribution in [2.75, 3.05) is 7.05 Å². The van der Waals surface area contributed by atoms with Crippen LogP contribution in [0.25, 0.3) is 0 Å². The van der Waals surface area contributed by atoms with Crippen molar-refractivity contribution in [3.8, 4) is 0 Å². The maximum Gasteiger partial charge on any atom is 0.318 e. The SMILES string of the molecule is C[C@@H](NC(=O)N(C)Cc1noc(C2CCC2)n1)c1ccccc1. The van der Waals surface area contributed by atoms with Gasteiger partial charge in [0.05, 0.1) is 12.6 Å². The molecule has 122 valence electrons. The van der Waals surface area contributed by atoms with Crippen molar-refractivity contribution in [1.82, 2.24) is 20.4 Å². The van der Waals surface area contributed by atoms with Crippen LogP contribution in [-0.2, 0) is 6.54 Å². The van der Waals surface area contributed by atoms with Crippen LogP contribution in [0.3, 0.4) is 0 Å². The zero-order valence-corrected chi connectivity index (χ0v) is 13.5. The molecule has 3 rings (SSSR count). The fourth-order valence-corrected chi connectivity index (χ4v) is 2.56. The quantitative estimate of drug-likeness (QED) is 0.919. The molecule has 1 aromatic heterocycles. The molecule has 0 bridgehead atoms. The first-order valence-electron chi connectivity index (χ1n) is 8.02. The van der Waals surface area contributed by atoms with Gasteiger partial charge in [-0.1, -0.05) is 41.9 Å². The van der Waals surface area contributed by atoms with Crippen molar-refractivity contribution in [3.05, 3.63) is 47.6 Å². The summed E-state index contributed by atoms with van der Waals surface area (Å²) in [6.45, 7) is 2.30. The zero-order valence-electron chi connectivity index (χ0n) is 13.5. The van der Waals surface area contributed by atoms with E-state index in [0.717, 1.165) is 18.4 Å². The second-order valence-corrected chi connectivity index (χ2v) is 6.11. The number of rotatable bonds is 5. The molecule has 1 N–H and O–H groups in total. The van der Waals surface area contributed by atoms with E-state index >= 15 is 0 Å². The first kappa shape index (κ1) is 15.5. The highest BCUT2D eigenvalue weighted by Crippen LogP contribution is 2.35. The number of urea groups is 1. The lowest BCUT2D eigenvalue weighted by Gasteiger charge is -2.21. The fourth-order valence-electron chi connectivity index (χ4n) is 2.56. The molecule has 1 aromatic carbocycles. The van der Waals surface area contributed by atoms with E-state index in [9.17, 15) is 4.79 Å². The Labute approximate surface area is 135 Å². The molecule has 1 heterocycles. The highest BCUT2D eigenvalue weighted by molar-refractivity contribution is 5.74. The molecule has 2 amide bonds. The van der Waals surface area contributed by atoms with Gasteiger partial charge in [-0.3, -0.25) is 0 Å². The van der Waals surface area contributed by atoms with E-state index in [1.54, 1.807) is 11.9 Å². The molecule has 0 saturated heterocycles. The first-order valence-corrected chi connectivity index (χ1v) is 8.02. The van der Waals surface area contributed by atoms with E-state index in [4.69, 9.17) is 4.52 Å². The summed E-state index contributed by atoms with van der Waals surface area (Å²) in [5, 5.41) is 6.94. The average Bonchev–Trinajstić information content (AvgIpc) is 2.94. The molecule has 0 radical (unpaired) electrons. The largest absolute Gasteiger partial charge is 0.339 e. The smallest absolute Gasteiger partial charge is 0.318 e. The van der Waals surface area contributed by atoms with Crippen LogP contribution < -0.4 is 5.32 Å². The molecular weight excluding hydrogens is 292 g/mol. The van der Waals surface area contributed by atoms with Gasteiger partial charge in [0, 0.05) is 13.0 Å². The number of nitrogens with zero attached hydrogens (tertiary/aromatic N) is 3. The van der Waals surface area contributed by atoms with Gasteiger partial charge < -0.3 is 14.7 Å². The standard InChI is InChI=1S/C17H22N4O2/c1-12(13-7-4-3-5-8-13)18-17(22)21(2)11-15-19-16(23-20-15)14-9-6-10-14/h3-5,7-8,12,14H,6,9-11H2,1-2H3,(H,18,22)/t12-/m1/s1. The summed E-state index contributed by atoms with van der Waals surface area (Å²) in [6.07, 6.45) is 3.46. The summed E-state index contributed by atoms with van der Waals surface area (Å²) in [5.41, 5.74) is 1.07. The van der Waals surface area contributed by atoms with Crippen LogP contribution in [-0.4, -0.2) is 28.1 Å². The lowest BCUT2D eigenvalue weighted by molar-refractivity contribution is 0.201. The second kappa shape index (κ2) is 6.81. The number of amides is 2. The molecule has 0 unspecified atom stereocenters. The molecule has 1 fully saturated rings. The summed E-state index contributed by atoms with van der Waals surface area (Å²) in [5.74, 6) is 1.67. The molecule has 1 saturated carbocycles. The van der Waals surface area contributed by atoms with E-state index in [2.05, 4.69) is 15.5 Å². The third kappa shape index (κ3) is 3.70. The highest BCUT2D eigenvalue weighted by atomic mass is 16.5. The molecule has 23 heavy (non-hydrogen) atoms. The second-order valence-electron chi connectivity index (χ2n) is 6.11. The lowest BCUT2D eigenvalue weighted by Crippen LogP contribution is -2.38. The Kier molecular flexibility index (Phi) is 4.60. The Hall–Kier alpha value is -2.37. The topological polar surface area (TPSA) is 71.3 Å². The van der Waals surface area contributed by atoms with Crippen molar-refractivity contribution in [2.24, 2.45) is 0 Å². The maximum atomic E-state index is 12.3. The Morgan fingerprint density at radius 1 is 1.39 bits per heavy atom. The van der Waals surface area contributed by atoms with Crippen molar-refractivity contribution >= 4 is 6.03 Å². The molecule has 1 atom stereocenters. The third-order valence-electron chi connectivity index (χ3n) is 4.30. The summed E-state index contributed by atoms with van der Waals surface area (Å²) in [7, 11) is 1.73. The van der Waals surface area contributed by atoms with E-state index in [1.165, 1.54) is 6.42 Å². The van der Waals surface area contributed by atoms with Crippen LogP contribution in [0.2, 0.25) is 0 Å². The number of carbonyl (C=O) groups excluding carboxylic acids is 1. The van der Waals surface area contributed by atoms with E-state index in [1.807, 2.05) is 37.3 Å². The number of hydrogen-bond acceptors (Lipinski definition) is 4. The highest BCUT2D eigenvalue weighted by Gasteiger charge is 2.26. The minimum absolute atomic E-state index is 0.0537. The van der Waals surface area contributed by atoms with Gasteiger partial charge in [-0.15, -0.1) is 0 Å². The van der Waals surface area contributed by atoms with Gasteiger partial charge in [0.2, 0.25) is 5.89 Å². The number of aromatic nitrogens is 2. The van der Waals surface area contributed by atoms with Gasteiger partial charge in [-0.25, -0.2) is 4.79 Å². The Morgan fingerprint density at radius 3 is 2.78 bits per heavy atom. The number of carbonyl (C=O) groups is 1. The summed E-state index contributed by atoms with van der Waals surface area (Å²) < 4.78 is 5.28.